The lowest BCUT2D eigenvalue weighted by molar-refractivity contribution is 0.208. The fraction of sp³-hybridized carbons (Fsp3) is 0.455. The number of nitrogens with zero attached hydrogens (tertiary/aromatic N) is 4. The topological polar surface area (TPSA) is 55.9 Å². The van der Waals surface area contributed by atoms with E-state index in [0.717, 1.165) is 24.3 Å². The number of aliphatic hydroxyl groups excluding tert-OH is 1. The predicted molar refractivity (Wildman–Crippen MR) is 59.9 cm³/mol. The Hall–Kier alpha value is -1.62. The monoisotopic (exact) mass is 220 g/mol. The molecule has 2 aromatic heterocycles. The number of aryl methyl sites for hydroxylation is 2. The summed E-state index contributed by atoms with van der Waals surface area (Å²) in [6, 6.07) is 1.83. The Bertz CT molecular complexity index is 460. The molecule has 5 heteroatoms. The van der Waals surface area contributed by atoms with Crippen molar-refractivity contribution in [2.75, 3.05) is 0 Å². The van der Waals surface area contributed by atoms with Crippen molar-refractivity contribution in [2.24, 2.45) is 0 Å². The van der Waals surface area contributed by atoms with Gasteiger partial charge in [0.1, 0.15) is 6.10 Å². The van der Waals surface area contributed by atoms with E-state index in [-0.39, 0.29) is 0 Å². The van der Waals surface area contributed by atoms with Crippen LogP contribution >= 0.6 is 0 Å². The van der Waals surface area contributed by atoms with Crippen molar-refractivity contribution in [3.8, 4) is 0 Å². The second-order valence-corrected chi connectivity index (χ2v) is 3.60. The number of hydrogen-bond acceptors (Lipinski definition) is 3. The molecule has 1 unspecified atom stereocenters. The van der Waals surface area contributed by atoms with E-state index in [2.05, 4.69) is 10.2 Å². The highest BCUT2D eigenvalue weighted by atomic mass is 16.3. The summed E-state index contributed by atoms with van der Waals surface area (Å²) in [5.41, 5.74) is 1.61. The fourth-order valence-corrected chi connectivity index (χ4v) is 1.70. The lowest BCUT2D eigenvalue weighted by Gasteiger charge is -2.10. The zero-order valence-corrected chi connectivity index (χ0v) is 9.54. The zero-order valence-electron chi connectivity index (χ0n) is 9.54. The highest BCUT2D eigenvalue weighted by molar-refractivity contribution is 5.20. The van der Waals surface area contributed by atoms with Gasteiger partial charge in [0, 0.05) is 31.0 Å². The third-order valence-corrected chi connectivity index (χ3v) is 2.62. The average Bonchev–Trinajstić information content (AvgIpc) is 2.96. The third-order valence-electron chi connectivity index (χ3n) is 2.62. The Morgan fingerprint density at radius 3 is 2.75 bits per heavy atom. The minimum atomic E-state index is -0.650. The van der Waals surface area contributed by atoms with E-state index in [1.807, 2.05) is 26.1 Å². The standard InChI is InChI=1S/C11H16N4O/c1-3-14-8-9(7-13-14)11(16)10-5-6-12-15(10)4-2/h5-8,11,16H,3-4H2,1-2H3. The molecule has 0 radical (unpaired) electrons. The Morgan fingerprint density at radius 2 is 2.12 bits per heavy atom. The van der Waals surface area contributed by atoms with Crippen molar-refractivity contribution < 1.29 is 5.11 Å². The highest BCUT2D eigenvalue weighted by Gasteiger charge is 2.16. The maximum Gasteiger partial charge on any atom is 0.124 e. The molecule has 1 N–H and O–H groups in total. The van der Waals surface area contributed by atoms with Crippen molar-refractivity contribution in [2.45, 2.75) is 33.0 Å². The molecular weight excluding hydrogens is 204 g/mol. The quantitative estimate of drug-likeness (QED) is 0.842. The van der Waals surface area contributed by atoms with E-state index < -0.39 is 6.10 Å². The number of aromatic nitrogens is 4. The summed E-state index contributed by atoms with van der Waals surface area (Å²) in [6.07, 6.45) is 4.60. The van der Waals surface area contributed by atoms with Gasteiger partial charge < -0.3 is 5.11 Å². The molecule has 0 aliphatic heterocycles. The molecule has 0 amide bonds. The van der Waals surface area contributed by atoms with E-state index in [0.29, 0.717) is 0 Å². The maximum atomic E-state index is 10.2. The van der Waals surface area contributed by atoms with Gasteiger partial charge in [-0.1, -0.05) is 0 Å². The minimum Gasteiger partial charge on any atom is -0.382 e. The molecule has 0 aliphatic rings. The second-order valence-electron chi connectivity index (χ2n) is 3.60. The van der Waals surface area contributed by atoms with Crippen molar-refractivity contribution in [1.82, 2.24) is 19.6 Å². The SMILES string of the molecule is CCn1cc(C(O)c2ccnn2CC)cn1. The Kier molecular flexibility index (Phi) is 3.05. The van der Waals surface area contributed by atoms with Crippen LogP contribution in [-0.2, 0) is 13.1 Å². The van der Waals surface area contributed by atoms with Crippen LogP contribution in [0.15, 0.2) is 24.7 Å². The Labute approximate surface area is 94.3 Å². The van der Waals surface area contributed by atoms with Gasteiger partial charge in [0.2, 0.25) is 0 Å². The van der Waals surface area contributed by atoms with Crippen LogP contribution in [-0.4, -0.2) is 24.7 Å². The second kappa shape index (κ2) is 4.49. The summed E-state index contributed by atoms with van der Waals surface area (Å²) in [5, 5.41) is 18.5. The molecule has 0 spiro atoms. The number of hydrogen-bond donors (Lipinski definition) is 1. The average molecular weight is 220 g/mol. The summed E-state index contributed by atoms with van der Waals surface area (Å²) >= 11 is 0. The first-order valence-corrected chi connectivity index (χ1v) is 5.48. The lowest BCUT2D eigenvalue weighted by atomic mass is 10.1. The van der Waals surface area contributed by atoms with Crippen LogP contribution in [0.2, 0.25) is 0 Å². The first-order chi connectivity index (χ1) is 7.76. The van der Waals surface area contributed by atoms with Gasteiger partial charge in [-0.2, -0.15) is 10.2 Å². The summed E-state index contributed by atoms with van der Waals surface area (Å²) in [4.78, 5) is 0. The molecule has 0 saturated carbocycles. The van der Waals surface area contributed by atoms with E-state index in [4.69, 9.17) is 0 Å². The molecule has 2 aromatic rings. The summed E-state index contributed by atoms with van der Waals surface area (Å²) in [7, 11) is 0. The van der Waals surface area contributed by atoms with Crippen molar-refractivity contribution >= 4 is 0 Å². The molecule has 0 aromatic carbocycles. The Balaban J connectivity index is 2.27. The highest BCUT2D eigenvalue weighted by Crippen LogP contribution is 2.20. The number of aliphatic hydroxyl groups is 1. The van der Waals surface area contributed by atoms with Crippen molar-refractivity contribution in [3.05, 3.63) is 35.9 Å². The molecule has 0 fully saturated rings. The normalized spacial score (nSPS) is 12.9. The van der Waals surface area contributed by atoms with Gasteiger partial charge in [-0.05, 0) is 19.9 Å². The van der Waals surface area contributed by atoms with E-state index in [9.17, 15) is 5.11 Å². The zero-order chi connectivity index (χ0) is 11.5. The molecule has 86 valence electrons. The van der Waals surface area contributed by atoms with Gasteiger partial charge in [-0.15, -0.1) is 0 Å². The molecule has 16 heavy (non-hydrogen) atoms. The molecule has 1 atom stereocenters. The largest absolute Gasteiger partial charge is 0.382 e. The molecule has 2 rings (SSSR count). The van der Waals surface area contributed by atoms with Gasteiger partial charge in [0.15, 0.2) is 0 Å². The van der Waals surface area contributed by atoms with Crippen LogP contribution in [0.25, 0.3) is 0 Å². The Morgan fingerprint density at radius 1 is 1.31 bits per heavy atom. The van der Waals surface area contributed by atoms with Crippen LogP contribution in [0.5, 0.6) is 0 Å². The van der Waals surface area contributed by atoms with E-state index in [1.54, 1.807) is 21.8 Å². The molecule has 0 bridgehead atoms. The fourth-order valence-electron chi connectivity index (χ4n) is 1.70. The smallest absolute Gasteiger partial charge is 0.124 e. The summed E-state index contributed by atoms with van der Waals surface area (Å²) in [6.45, 7) is 5.57. The lowest BCUT2D eigenvalue weighted by Crippen LogP contribution is -2.08. The van der Waals surface area contributed by atoms with Crippen molar-refractivity contribution in [1.29, 1.82) is 0 Å². The van der Waals surface area contributed by atoms with Gasteiger partial charge in [0.05, 0.1) is 11.9 Å². The summed E-state index contributed by atoms with van der Waals surface area (Å²) < 4.78 is 3.58. The number of rotatable bonds is 4. The van der Waals surface area contributed by atoms with Gasteiger partial charge in [0.25, 0.3) is 0 Å². The third kappa shape index (κ3) is 1.86. The van der Waals surface area contributed by atoms with Gasteiger partial charge in [-0.3, -0.25) is 9.36 Å². The van der Waals surface area contributed by atoms with Gasteiger partial charge >= 0.3 is 0 Å². The minimum absolute atomic E-state index is 0.650. The van der Waals surface area contributed by atoms with Crippen molar-refractivity contribution in [3.63, 3.8) is 0 Å². The van der Waals surface area contributed by atoms with Crippen LogP contribution in [0.3, 0.4) is 0 Å². The molecule has 5 nitrogen and oxygen atoms in total. The van der Waals surface area contributed by atoms with Gasteiger partial charge in [-0.25, -0.2) is 0 Å². The van der Waals surface area contributed by atoms with E-state index >= 15 is 0 Å². The molecule has 0 aliphatic carbocycles. The first kappa shape index (κ1) is 10.9. The molecule has 2 heterocycles. The van der Waals surface area contributed by atoms with Crippen LogP contribution in [0.1, 0.15) is 31.2 Å². The predicted octanol–water partition coefficient (Wildman–Crippen LogP) is 1.20. The first-order valence-electron chi connectivity index (χ1n) is 5.48. The maximum absolute atomic E-state index is 10.2. The van der Waals surface area contributed by atoms with Crippen LogP contribution < -0.4 is 0 Å². The van der Waals surface area contributed by atoms with E-state index in [1.165, 1.54) is 0 Å². The summed E-state index contributed by atoms with van der Waals surface area (Å²) in [5.74, 6) is 0. The molecular formula is C11H16N4O. The molecule has 0 saturated heterocycles. The van der Waals surface area contributed by atoms with Crippen LogP contribution in [0.4, 0.5) is 0 Å². The van der Waals surface area contributed by atoms with Crippen LogP contribution in [0, 0.1) is 0 Å².